The van der Waals surface area contributed by atoms with Crippen LogP contribution in [0.2, 0.25) is 0 Å². The molecule has 1 aromatic carbocycles. The number of rotatable bonds is 6. The normalized spacial score (nSPS) is 15.6. The van der Waals surface area contributed by atoms with Crippen LogP contribution in [-0.4, -0.2) is 24.7 Å². The van der Waals surface area contributed by atoms with E-state index in [0.717, 1.165) is 11.3 Å². The Morgan fingerprint density at radius 1 is 1.30 bits per heavy atom. The Bertz CT molecular complexity index is 455. The minimum atomic E-state index is -1.04. The number of para-hydroxylation sites is 1. The third-order valence-electron chi connectivity index (χ3n) is 3.23. The number of carbonyl (C=O) groups excluding carboxylic acids is 1. The first-order valence-electron chi connectivity index (χ1n) is 6.90. The van der Waals surface area contributed by atoms with Gasteiger partial charge in [-0.1, -0.05) is 32.0 Å². The van der Waals surface area contributed by atoms with Gasteiger partial charge in [-0.25, -0.2) is 0 Å². The molecule has 0 heterocycles. The predicted molar refractivity (Wildman–Crippen MR) is 79.8 cm³/mol. The number of hydrogen-bond acceptors (Lipinski definition) is 4. The summed E-state index contributed by atoms with van der Waals surface area (Å²) in [6, 6.07) is 7.93. The van der Waals surface area contributed by atoms with Crippen molar-refractivity contribution < 1.29 is 14.3 Å². The first-order valence-corrected chi connectivity index (χ1v) is 6.90. The number of carbonyl (C=O) groups is 1. The number of hydrogen-bond donors (Lipinski definition) is 1. The summed E-state index contributed by atoms with van der Waals surface area (Å²) in [5.74, 6) is 0.795. The lowest BCUT2D eigenvalue weighted by Crippen LogP contribution is -2.48. The molecule has 0 aliphatic heterocycles. The standard InChI is InChI=1S/C16H25NO3/c1-11(2)13-8-6-7-9-14(13)20-12(3)10-16(4,17)15(18)19-5/h6-9,11-12H,10,17H2,1-5H3. The molecule has 4 heteroatoms. The van der Waals surface area contributed by atoms with E-state index in [1.54, 1.807) is 6.92 Å². The van der Waals surface area contributed by atoms with Gasteiger partial charge in [-0.2, -0.15) is 0 Å². The van der Waals surface area contributed by atoms with Crippen molar-refractivity contribution in [3.8, 4) is 5.75 Å². The summed E-state index contributed by atoms with van der Waals surface area (Å²) in [4.78, 5) is 11.6. The molecule has 0 aromatic heterocycles. The predicted octanol–water partition coefficient (Wildman–Crippen LogP) is 2.86. The summed E-state index contributed by atoms with van der Waals surface area (Å²) < 4.78 is 10.7. The molecule has 4 nitrogen and oxygen atoms in total. The zero-order chi connectivity index (χ0) is 15.3. The largest absolute Gasteiger partial charge is 0.490 e. The van der Waals surface area contributed by atoms with E-state index in [0.29, 0.717) is 12.3 Å². The number of methoxy groups -OCH3 is 1. The maximum Gasteiger partial charge on any atom is 0.325 e. The highest BCUT2D eigenvalue weighted by Crippen LogP contribution is 2.27. The minimum Gasteiger partial charge on any atom is -0.490 e. The van der Waals surface area contributed by atoms with E-state index >= 15 is 0 Å². The fraction of sp³-hybridized carbons (Fsp3) is 0.562. The lowest BCUT2D eigenvalue weighted by atomic mass is 9.96. The van der Waals surface area contributed by atoms with Gasteiger partial charge < -0.3 is 15.2 Å². The van der Waals surface area contributed by atoms with Crippen molar-refractivity contribution in [1.29, 1.82) is 0 Å². The van der Waals surface area contributed by atoms with Crippen LogP contribution in [0.15, 0.2) is 24.3 Å². The molecule has 112 valence electrons. The SMILES string of the molecule is COC(=O)C(C)(N)CC(C)Oc1ccccc1C(C)C. The number of nitrogens with two attached hydrogens (primary N) is 1. The van der Waals surface area contributed by atoms with Crippen LogP contribution in [0.1, 0.15) is 45.6 Å². The first kappa shape index (κ1) is 16.5. The Labute approximate surface area is 121 Å². The van der Waals surface area contributed by atoms with E-state index in [-0.39, 0.29) is 6.10 Å². The summed E-state index contributed by atoms with van der Waals surface area (Å²) in [6.07, 6.45) is 0.218. The molecule has 0 saturated heterocycles. The van der Waals surface area contributed by atoms with Crippen LogP contribution in [0.4, 0.5) is 0 Å². The Kier molecular flexibility index (Phi) is 5.57. The highest BCUT2D eigenvalue weighted by Gasteiger charge is 2.32. The molecule has 2 unspecified atom stereocenters. The molecule has 0 spiro atoms. The highest BCUT2D eigenvalue weighted by atomic mass is 16.5. The Balaban J connectivity index is 2.77. The number of benzene rings is 1. The van der Waals surface area contributed by atoms with Crippen molar-refractivity contribution in [2.75, 3.05) is 7.11 Å². The molecule has 0 bridgehead atoms. The van der Waals surface area contributed by atoms with Crippen LogP contribution < -0.4 is 10.5 Å². The maximum absolute atomic E-state index is 11.6. The van der Waals surface area contributed by atoms with E-state index in [1.807, 2.05) is 25.1 Å². The summed E-state index contributed by atoms with van der Waals surface area (Å²) in [6.45, 7) is 7.81. The Morgan fingerprint density at radius 2 is 1.90 bits per heavy atom. The summed E-state index contributed by atoms with van der Waals surface area (Å²) in [5, 5.41) is 0. The van der Waals surface area contributed by atoms with Gasteiger partial charge in [0.1, 0.15) is 11.3 Å². The summed E-state index contributed by atoms with van der Waals surface area (Å²) in [5.41, 5.74) is 6.08. The van der Waals surface area contributed by atoms with Crippen LogP contribution >= 0.6 is 0 Å². The van der Waals surface area contributed by atoms with Crippen molar-refractivity contribution in [3.05, 3.63) is 29.8 Å². The summed E-state index contributed by atoms with van der Waals surface area (Å²) in [7, 11) is 1.34. The van der Waals surface area contributed by atoms with Crippen LogP contribution in [-0.2, 0) is 9.53 Å². The molecule has 1 aromatic rings. The lowest BCUT2D eigenvalue weighted by Gasteiger charge is -2.26. The topological polar surface area (TPSA) is 61.5 Å². The van der Waals surface area contributed by atoms with E-state index < -0.39 is 11.5 Å². The molecule has 0 saturated carbocycles. The van der Waals surface area contributed by atoms with Crippen LogP contribution in [0.5, 0.6) is 5.75 Å². The molecule has 1 rings (SSSR count). The Hall–Kier alpha value is -1.55. The van der Waals surface area contributed by atoms with E-state index in [4.69, 9.17) is 15.2 Å². The molecule has 0 aliphatic rings. The molecule has 0 aliphatic carbocycles. The lowest BCUT2D eigenvalue weighted by molar-refractivity contribution is -0.147. The zero-order valence-corrected chi connectivity index (χ0v) is 13.0. The fourth-order valence-corrected chi connectivity index (χ4v) is 2.24. The first-order chi connectivity index (χ1) is 9.27. The van der Waals surface area contributed by atoms with Crippen LogP contribution in [0.3, 0.4) is 0 Å². The van der Waals surface area contributed by atoms with Gasteiger partial charge in [0.05, 0.1) is 13.2 Å². The average molecular weight is 279 g/mol. The van der Waals surface area contributed by atoms with Crippen molar-refractivity contribution in [2.24, 2.45) is 5.73 Å². The molecule has 20 heavy (non-hydrogen) atoms. The van der Waals surface area contributed by atoms with Gasteiger partial charge in [-0.3, -0.25) is 4.79 Å². The van der Waals surface area contributed by atoms with Gasteiger partial charge in [0, 0.05) is 6.42 Å². The monoisotopic (exact) mass is 279 g/mol. The van der Waals surface area contributed by atoms with E-state index in [1.165, 1.54) is 7.11 Å². The molecule has 0 radical (unpaired) electrons. The minimum absolute atomic E-state index is 0.177. The number of esters is 1. The van der Waals surface area contributed by atoms with Crippen LogP contribution in [0.25, 0.3) is 0 Å². The second kappa shape index (κ2) is 6.75. The van der Waals surface area contributed by atoms with E-state index in [2.05, 4.69) is 19.9 Å². The second-order valence-electron chi connectivity index (χ2n) is 5.73. The number of ether oxygens (including phenoxy) is 2. The molecule has 2 N–H and O–H groups in total. The van der Waals surface area contributed by atoms with Gasteiger partial charge >= 0.3 is 5.97 Å². The van der Waals surface area contributed by atoms with Crippen molar-refractivity contribution in [1.82, 2.24) is 0 Å². The molecule has 2 atom stereocenters. The zero-order valence-electron chi connectivity index (χ0n) is 13.0. The van der Waals surface area contributed by atoms with Crippen molar-refractivity contribution >= 4 is 5.97 Å². The van der Waals surface area contributed by atoms with Gasteiger partial charge in [-0.15, -0.1) is 0 Å². The van der Waals surface area contributed by atoms with Gasteiger partial charge in [-0.05, 0) is 31.4 Å². The Morgan fingerprint density at radius 3 is 2.45 bits per heavy atom. The van der Waals surface area contributed by atoms with E-state index in [9.17, 15) is 4.79 Å². The highest BCUT2D eigenvalue weighted by molar-refractivity contribution is 5.79. The smallest absolute Gasteiger partial charge is 0.325 e. The summed E-state index contributed by atoms with van der Waals surface area (Å²) >= 11 is 0. The fourth-order valence-electron chi connectivity index (χ4n) is 2.24. The molecule has 0 amide bonds. The molecular formula is C16H25NO3. The third-order valence-corrected chi connectivity index (χ3v) is 3.23. The van der Waals surface area contributed by atoms with Crippen LogP contribution in [0, 0.1) is 0 Å². The van der Waals surface area contributed by atoms with Gasteiger partial charge in [0.2, 0.25) is 0 Å². The molecule has 0 fully saturated rings. The quantitative estimate of drug-likeness (QED) is 0.813. The van der Waals surface area contributed by atoms with Gasteiger partial charge in [0.15, 0.2) is 0 Å². The molecular weight excluding hydrogens is 254 g/mol. The van der Waals surface area contributed by atoms with Crippen molar-refractivity contribution in [3.63, 3.8) is 0 Å². The third kappa shape index (κ3) is 4.23. The second-order valence-corrected chi connectivity index (χ2v) is 5.73. The average Bonchev–Trinajstić information content (AvgIpc) is 2.37. The van der Waals surface area contributed by atoms with Gasteiger partial charge in [0.25, 0.3) is 0 Å². The van der Waals surface area contributed by atoms with Crippen molar-refractivity contribution in [2.45, 2.75) is 51.7 Å². The maximum atomic E-state index is 11.6.